The van der Waals surface area contributed by atoms with E-state index in [0.717, 1.165) is 122 Å². The minimum atomic E-state index is -0.843. The molecule has 1 unspecified atom stereocenters. The molecular formula is C69H108O6. The fourth-order valence-corrected chi connectivity index (χ4v) is 7.61. The van der Waals surface area contributed by atoms with Crippen LogP contribution in [-0.4, -0.2) is 37.2 Å². The van der Waals surface area contributed by atoms with Crippen molar-refractivity contribution in [3.05, 3.63) is 158 Å². The number of rotatable bonds is 52. The monoisotopic (exact) mass is 1030 g/mol. The van der Waals surface area contributed by atoms with Crippen LogP contribution in [-0.2, 0) is 28.6 Å². The highest BCUT2D eigenvalue weighted by Crippen LogP contribution is 2.13. The number of esters is 3. The van der Waals surface area contributed by atoms with Crippen molar-refractivity contribution in [3.63, 3.8) is 0 Å². The highest BCUT2D eigenvalue weighted by atomic mass is 16.6. The number of carbonyl (C=O) groups is 3. The first-order chi connectivity index (χ1) is 37.0. The van der Waals surface area contributed by atoms with Crippen molar-refractivity contribution in [2.45, 2.75) is 245 Å². The lowest BCUT2D eigenvalue weighted by Crippen LogP contribution is -2.30. The minimum Gasteiger partial charge on any atom is -0.462 e. The van der Waals surface area contributed by atoms with Gasteiger partial charge in [-0.25, -0.2) is 0 Å². The Labute approximate surface area is 460 Å². The number of carbonyl (C=O) groups excluding carboxylic acids is 3. The van der Waals surface area contributed by atoms with E-state index >= 15 is 0 Å². The van der Waals surface area contributed by atoms with E-state index in [1.54, 1.807) is 6.08 Å². The lowest BCUT2D eigenvalue weighted by molar-refractivity contribution is -0.166. The first kappa shape index (κ1) is 70.0. The average molecular weight is 1030 g/mol. The summed E-state index contributed by atoms with van der Waals surface area (Å²) in [5.41, 5.74) is 0. The predicted octanol–water partition coefficient (Wildman–Crippen LogP) is 20.5. The van der Waals surface area contributed by atoms with Crippen LogP contribution in [0.2, 0.25) is 0 Å². The van der Waals surface area contributed by atoms with Crippen LogP contribution in [0.4, 0.5) is 0 Å². The molecular weight excluding hydrogens is 925 g/mol. The molecule has 0 spiro atoms. The Morgan fingerprint density at radius 3 is 0.960 bits per heavy atom. The molecule has 0 aliphatic heterocycles. The minimum absolute atomic E-state index is 0.113. The molecule has 0 fully saturated rings. The van der Waals surface area contributed by atoms with E-state index in [4.69, 9.17) is 14.2 Å². The van der Waals surface area contributed by atoms with Gasteiger partial charge in [0, 0.05) is 12.8 Å². The fraction of sp³-hybridized carbons (Fsp3) is 0.580. The lowest BCUT2D eigenvalue weighted by Gasteiger charge is -2.18. The Balaban J connectivity index is 4.55. The second-order valence-electron chi connectivity index (χ2n) is 19.2. The van der Waals surface area contributed by atoms with Gasteiger partial charge in [0.1, 0.15) is 13.2 Å². The Bertz CT molecular complexity index is 1710. The zero-order chi connectivity index (χ0) is 54.3. The van der Waals surface area contributed by atoms with Crippen LogP contribution < -0.4 is 0 Å². The molecule has 0 amide bonds. The molecule has 6 heteroatoms. The van der Waals surface area contributed by atoms with Gasteiger partial charge in [0.25, 0.3) is 0 Å². The van der Waals surface area contributed by atoms with Crippen LogP contribution in [0, 0.1) is 0 Å². The van der Waals surface area contributed by atoms with E-state index in [-0.39, 0.29) is 38.0 Å². The van der Waals surface area contributed by atoms with Crippen LogP contribution in [0.5, 0.6) is 0 Å². The molecule has 0 aliphatic carbocycles. The first-order valence-electron chi connectivity index (χ1n) is 30.0. The normalized spacial score (nSPS) is 13.3. The van der Waals surface area contributed by atoms with Gasteiger partial charge < -0.3 is 14.2 Å². The molecule has 420 valence electrons. The van der Waals surface area contributed by atoms with Crippen molar-refractivity contribution in [2.24, 2.45) is 0 Å². The van der Waals surface area contributed by atoms with Crippen molar-refractivity contribution in [1.82, 2.24) is 0 Å². The largest absolute Gasteiger partial charge is 0.462 e. The maximum Gasteiger partial charge on any atom is 0.309 e. The quantitative estimate of drug-likeness (QED) is 0.0261. The molecule has 75 heavy (non-hydrogen) atoms. The van der Waals surface area contributed by atoms with E-state index in [1.807, 2.05) is 6.08 Å². The summed E-state index contributed by atoms with van der Waals surface area (Å²) in [5, 5.41) is 0. The third-order valence-corrected chi connectivity index (χ3v) is 12.0. The van der Waals surface area contributed by atoms with Crippen LogP contribution in [0.1, 0.15) is 239 Å². The molecule has 0 aromatic rings. The molecule has 0 saturated carbocycles. The number of hydrogen-bond donors (Lipinski definition) is 0. The van der Waals surface area contributed by atoms with E-state index < -0.39 is 12.1 Å². The predicted molar refractivity (Wildman–Crippen MR) is 325 cm³/mol. The summed E-state index contributed by atoms with van der Waals surface area (Å²) in [5.74, 6) is -1.11. The summed E-state index contributed by atoms with van der Waals surface area (Å²) in [4.78, 5) is 38.2. The number of ether oxygens (including phenoxy) is 3. The summed E-state index contributed by atoms with van der Waals surface area (Å²) < 4.78 is 16.7. The SMILES string of the molecule is CC/C=C\C/C=C\C/C=C\C/C=C\C/C=C\C/C=C\C/C=C\CCCCCC(=O)OCC(COC(=O)C/C=C\C/C=C\C/C=C\C/C=C\C/C=C\CC)OC(=O)CCCCCCCCC/C=C\CCCCCCCC. The number of hydrogen-bond acceptors (Lipinski definition) is 6. The van der Waals surface area contributed by atoms with Crippen LogP contribution in [0.25, 0.3) is 0 Å². The van der Waals surface area contributed by atoms with E-state index in [0.29, 0.717) is 6.42 Å². The third-order valence-electron chi connectivity index (χ3n) is 12.0. The molecule has 0 radical (unpaired) electrons. The molecule has 6 nitrogen and oxygen atoms in total. The van der Waals surface area contributed by atoms with Crippen molar-refractivity contribution in [3.8, 4) is 0 Å². The molecule has 0 N–H and O–H groups in total. The van der Waals surface area contributed by atoms with Gasteiger partial charge in [-0.2, -0.15) is 0 Å². The highest BCUT2D eigenvalue weighted by molar-refractivity contribution is 5.72. The van der Waals surface area contributed by atoms with Gasteiger partial charge in [-0.3, -0.25) is 14.4 Å². The van der Waals surface area contributed by atoms with Gasteiger partial charge in [0.15, 0.2) is 6.10 Å². The van der Waals surface area contributed by atoms with Gasteiger partial charge in [-0.15, -0.1) is 0 Å². The van der Waals surface area contributed by atoms with Crippen LogP contribution in [0.3, 0.4) is 0 Å². The molecule has 0 aromatic heterocycles. The highest BCUT2D eigenvalue weighted by Gasteiger charge is 2.19. The summed E-state index contributed by atoms with van der Waals surface area (Å²) >= 11 is 0. The molecule has 0 aliphatic rings. The smallest absolute Gasteiger partial charge is 0.309 e. The maximum absolute atomic E-state index is 12.9. The summed E-state index contributed by atoms with van der Waals surface area (Å²) in [6.07, 6.45) is 89.8. The third kappa shape index (κ3) is 59.8. The van der Waals surface area contributed by atoms with Crippen LogP contribution in [0.15, 0.2) is 158 Å². The topological polar surface area (TPSA) is 78.9 Å². The van der Waals surface area contributed by atoms with Gasteiger partial charge in [-0.05, 0) is 128 Å². The summed E-state index contributed by atoms with van der Waals surface area (Å²) in [6.45, 7) is 6.28. The van der Waals surface area contributed by atoms with Crippen LogP contribution >= 0.6 is 0 Å². The standard InChI is InChI=1S/C69H108O6/c1-4-7-10-13-16-19-22-25-28-30-31-32-33-34-35-36-37-39-41-44-47-50-53-56-59-62-68(71)74-65-66(64-73-67(70)61-58-55-52-49-46-43-40-27-24-21-18-15-12-9-6-3)75-69(72)63-60-57-54-51-48-45-42-38-29-26-23-20-17-14-11-8-5-2/h7,9-10,12,16,18-19,21,25-29,31-32,34-35,37,39-40,44,46-47,49,55,58,66H,4-6,8,11,13-15,17,20,22-24,30,33,36,38,41-43,45,48,50-54,56-57,59-65H2,1-3H3/b10-7-,12-9-,19-16-,21-18-,28-25-,29-26-,32-31-,35-34-,39-37-,40-27-,47-44-,49-46-,58-55-. The van der Waals surface area contributed by atoms with Crippen molar-refractivity contribution in [1.29, 1.82) is 0 Å². The fourth-order valence-electron chi connectivity index (χ4n) is 7.61. The van der Waals surface area contributed by atoms with Gasteiger partial charge in [0.05, 0.1) is 6.42 Å². The summed E-state index contributed by atoms with van der Waals surface area (Å²) in [7, 11) is 0. The zero-order valence-electron chi connectivity index (χ0n) is 48.0. The van der Waals surface area contributed by atoms with Crippen molar-refractivity contribution in [2.75, 3.05) is 13.2 Å². The Morgan fingerprint density at radius 1 is 0.293 bits per heavy atom. The Hall–Kier alpha value is -4.97. The van der Waals surface area contributed by atoms with Crippen molar-refractivity contribution < 1.29 is 28.6 Å². The molecule has 1 atom stereocenters. The van der Waals surface area contributed by atoms with E-state index in [2.05, 4.69) is 167 Å². The molecule has 0 bridgehead atoms. The lowest BCUT2D eigenvalue weighted by atomic mass is 10.1. The molecule has 0 rings (SSSR count). The maximum atomic E-state index is 12.9. The van der Waals surface area contributed by atoms with Gasteiger partial charge >= 0.3 is 17.9 Å². The van der Waals surface area contributed by atoms with Crippen molar-refractivity contribution >= 4 is 17.9 Å². The number of allylic oxidation sites excluding steroid dienone is 25. The Morgan fingerprint density at radius 2 is 0.573 bits per heavy atom. The molecule has 0 heterocycles. The second kappa shape index (κ2) is 61.6. The zero-order valence-corrected chi connectivity index (χ0v) is 48.0. The van der Waals surface area contributed by atoms with E-state index in [9.17, 15) is 14.4 Å². The molecule has 0 aromatic carbocycles. The van der Waals surface area contributed by atoms with E-state index in [1.165, 1.54) is 77.0 Å². The van der Waals surface area contributed by atoms with Gasteiger partial charge in [0.2, 0.25) is 0 Å². The second-order valence-corrected chi connectivity index (χ2v) is 19.2. The van der Waals surface area contributed by atoms with Gasteiger partial charge in [-0.1, -0.05) is 249 Å². The number of unbranched alkanes of at least 4 members (excludes halogenated alkanes) is 16. The summed E-state index contributed by atoms with van der Waals surface area (Å²) in [6, 6.07) is 0. The first-order valence-corrected chi connectivity index (χ1v) is 30.0. The average Bonchev–Trinajstić information content (AvgIpc) is 3.41. The Kier molecular flexibility index (Phi) is 57.5. The molecule has 0 saturated heterocycles.